The first-order valence-electron chi connectivity index (χ1n) is 8.25. The summed E-state index contributed by atoms with van der Waals surface area (Å²) in [6.45, 7) is 0. The van der Waals surface area contributed by atoms with E-state index in [0.29, 0.717) is 12.0 Å². The van der Waals surface area contributed by atoms with E-state index in [1.54, 1.807) is 18.2 Å². The van der Waals surface area contributed by atoms with Gasteiger partial charge in [-0.05, 0) is 59.9 Å². The van der Waals surface area contributed by atoms with E-state index in [0.717, 1.165) is 22.0 Å². The summed E-state index contributed by atoms with van der Waals surface area (Å²) in [5.41, 5.74) is 3.24. The zero-order valence-electron chi connectivity index (χ0n) is 13.7. The Morgan fingerprint density at radius 1 is 1.12 bits per heavy atom. The van der Waals surface area contributed by atoms with Crippen molar-refractivity contribution in [2.75, 3.05) is 0 Å². The molecule has 7 heteroatoms. The van der Waals surface area contributed by atoms with Gasteiger partial charge < -0.3 is 25.4 Å². The summed E-state index contributed by atoms with van der Waals surface area (Å²) in [5, 5.41) is 42.8. The van der Waals surface area contributed by atoms with Gasteiger partial charge in [-0.25, -0.2) is 0 Å². The number of aromatic nitrogens is 1. The third-order valence-electron chi connectivity index (χ3n) is 4.91. The van der Waals surface area contributed by atoms with Crippen LogP contribution in [0.1, 0.15) is 22.7 Å². The molecule has 0 fully saturated rings. The van der Waals surface area contributed by atoms with Crippen LogP contribution in [0, 0.1) is 0 Å². The molecular formula is C19H18N2O5. The zero-order chi connectivity index (χ0) is 18.4. The van der Waals surface area contributed by atoms with Crippen LogP contribution in [0.25, 0.3) is 10.9 Å². The molecule has 1 aliphatic heterocycles. The predicted molar refractivity (Wildman–Crippen MR) is 94.4 cm³/mol. The van der Waals surface area contributed by atoms with Gasteiger partial charge >= 0.3 is 5.97 Å². The van der Waals surface area contributed by atoms with Gasteiger partial charge in [-0.15, -0.1) is 0 Å². The van der Waals surface area contributed by atoms with Crippen LogP contribution in [-0.4, -0.2) is 37.4 Å². The number of H-pyrrole nitrogens is 1. The highest BCUT2D eigenvalue weighted by molar-refractivity contribution is 5.84. The summed E-state index contributed by atoms with van der Waals surface area (Å²) in [4.78, 5) is 14.6. The summed E-state index contributed by atoms with van der Waals surface area (Å²) >= 11 is 0. The molecule has 0 saturated heterocycles. The molecule has 0 bridgehead atoms. The minimum Gasteiger partial charge on any atom is -0.508 e. The van der Waals surface area contributed by atoms with Crippen molar-refractivity contribution in [3.05, 3.63) is 53.2 Å². The lowest BCUT2D eigenvalue weighted by atomic mass is 9.86. The molecule has 26 heavy (non-hydrogen) atoms. The lowest BCUT2D eigenvalue weighted by Gasteiger charge is -2.31. The van der Waals surface area contributed by atoms with Gasteiger partial charge in [0.1, 0.15) is 11.8 Å². The maximum absolute atomic E-state index is 11.5. The Morgan fingerprint density at radius 2 is 1.88 bits per heavy atom. The van der Waals surface area contributed by atoms with Crippen LogP contribution in [0.15, 0.2) is 36.5 Å². The number of fused-ring (bicyclic) bond motifs is 2. The van der Waals surface area contributed by atoms with E-state index < -0.39 is 12.0 Å². The number of benzene rings is 2. The maximum Gasteiger partial charge on any atom is 0.321 e. The number of hydrogen-bond acceptors (Lipinski definition) is 5. The molecule has 134 valence electrons. The normalized spacial score (nSPS) is 19.4. The van der Waals surface area contributed by atoms with Gasteiger partial charge in [-0.1, -0.05) is 0 Å². The van der Waals surface area contributed by atoms with Gasteiger partial charge in [0.05, 0.1) is 0 Å². The number of nitrogens with one attached hydrogen (secondary N) is 2. The van der Waals surface area contributed by atoms with Crippen LogP contribution in [0.5, 0.6) is 17.2 Å². The Morgan fingerprint density at radius 3 is 2.65 bits per heavy atom. The Bertz CT molecular complexity index is 1010. The Labute approximate surface area is 148 Å². The SMILES string of the molecule is O=C(O)C1Cc2cc(O)c(O)cc2C(Cc2c[nH]c3ccc(O)cc23)N1. The van der Waals surface area contributed by atoms with Crippen LogP contribution in [0.2, 0.25) is 0 Å². The number of phenols is 3. The number of aromatic amines is 1. The smallest absolute Gasteiger partial charge is 0.321 e. The second-order valence-electron chi connectivity index (χ2n) is 6.60. The van der Waals surface area contributed by atoms with Crippen molar-refractivity contribution in [2.24, 2.45) is 0 Å². The van der Waals surface area contributed by atoms with Gasteiger partial charge in [-0.2, -0.15) is 0 Å². The molecule has 0 aliphatic carbocycles. The first-order valence-corrected chi connectivity index (χ1v) is 8.25. The molecule has 2 heterocycles. The number of phenolic OH excluding ortho intramolecular Hbond substituents is 3. The fourth-order valence-corrected chi connectivity index (χ4v) is 3.63. The molecule has 7 nitrogen and oxygen atoms in total. The number of rotatable bonds is 3. The Kier molecular flexibility index (Phi) is 3.73. The molecule has 0 amide bonds. The zero-order valence-corrected chi connectivity index (χ0v) is 13.7. The van der Waals surface area contributed by atoms with Crippen molar-refractivity contribution >= 4 is 16.9 Å². The van der Waals surface area contributed by atoms with Crippen molar-refractivity contribution < 1.29 is 25.2 Å². The van der Waals surface area contributed by atoms with Gasteiger partial charge in [0.25, 0.3) is 0 Å². The van der Waals surface area contributed by atoms with E-state index in [9.17, 15) is 25.2 Å². The fourth-order valence-electron chi connectivity index (χ4n) is 3.63. The molecule has 2 aromatic carbocycles. The molecule has 0 radical (unpaired) electrons. The molecule has 2 unspecified atom stereocenters. The van der Waals surface area contributed by atoms with E-state index in [1.165, 1.54) is 12.1 Å². The minimum absolute atomic E-state index is 0.154. The number of carboxylic acids is 1. The first kappa shape index (κ1) is 16.3. The standard InChI is InChI=1S/C19H18N2O5/c22-11-1-2-14-12(6-11)10(8-20-14)4-15-13-7-18(24)17(23)5-9(13)3-16(21-15)19(25)26/h1-2,5-8,15-16,20-24H,3-4H2,(H,25,26). The number of hydrogen-bond donors (Lipinski definition) is 6. The van der Waals surface area contributed by atoms with E-state index >= 15 is 0 Å². The highest BCUT2D eigenvalue weighted by Gasteiger charge is 2.31. The molecule has 6 N–H and O–H groups in total. The average Bonchev–Trinajstić information content (AvgIpc) is 2.98. The summed E-state index contributed by atoms with van der Waals surface area (Å²) in [6.07, 6.45) is 2.52. The van der Waals surface area contributed by atoms with Crippen molar-refractivity contribution in [3.63, 3.8) is 0 Å². The summed E-state index contributed by atoms with van der Waals surface area (Å²) in [5.74, 6) is -1.31. The van der Waals surface area contributed by atoms with Crippen LogP contribution in [-0.2, 0) is 17.6 Å². The number of carboxylic acid groups (broad SMARTS) is 1. The molecule has 1 aromatic heterocycles. The Balaban J connectivity index is 1.76. The highest BCUT2D eigenvalue weighted by Crippen LogP contribution is 2.37. The lowest BCUT2D eigenvalue weighted by molar-refractivity contribution is -0.139. The van der Waals surface area contributed by atoms with E-state index in [1.807, 2.05) is 6.20 Å². The van der Waals surface area contributed by atoms with Crippen molar-refractivity contribution in [2.45, 2.75) is 24.9 Å². The second-order valence-corrected chi connectivity index (χ2v) is 6.60. The van der Waals surface area contributed by atoms with Crippen molar-refractivity contribution in [1.82, 2.24) is 10.3 Å². The van der Waals surface area contributed by atoms with E-state index in [2.05, 4.69) is 10.3 Å². The molecule has 4 rings (SSSR count). The van der Waals surface area contributed by atoms with Crippen LogP contribution in [0.4, 0.5) is 0 Å². The number of carbonyl (C=O) groups is 1. The largest absolute Gasteiger partial charge is 0.508 e. The highest BCUT2D eigenvalue weighted by atomic mass is 16.4. The summed E-state index contributed by atoms with van der Waals surface area (Å²) in [7, 11) is 0. The van der Waals surface area contributed by atoms with Gasteiger partial charge in [0.2, 0.25) is 0 Å². The third-order valence-corrected chi connectivity index (χ3v) is 4.91. The van der Waals surface area contributed by atoms with Crippen LogP contribution >= 0.6 is 0 Å². The van der Waals surface area contributed by atoms with Gasteiger partial charge in [-0.3, -0.25) is 10.1 Å². The minimum atomic E-state index is -0.968. The third kappa shape index (κ3) is 2.72. The first-order chi connectivity index (χ1) is 12.4. The summed E-state index contributed by atoms with van der Waals surface area (Å²) < 4.78 is 0. The van der Waals surface area contributed by atoms with Gasteiger partial charge in [0.15, 0.2) is 11.5 Å². The van der Waals surface area contributed by atoms with Crippen molar-refractivity contribution in [3.8, 4) is 17.2 Å². The molecule has 0 spiro atoms. The molecule has 1 aliphatic rings. The quantitative estimate of drug-likeness (QED) is 0.400. The number of aliphatic carboxylic acids is 1. The maximum atomic E-state index is 11.5. The van der Waals surface area contributed by atoms with Crippen LogP contribution in [0.3, 0.4) is 0 Å². The monoisotopic (exact) mass is 354 g/mol. The average molecular weight is 354 g/mol. The summed E-state index contributed by atoms with van der Waals surface area (Å²) in [6, 6.07) is 6.80. The second kappa shape index (κ2) is 5.96. The fraction of sp³-hybridized carbons (Fsp3) is 0.211. The van der Waals surface area contributed by atoms with Crippen LogP contribution < -0.4 is 5.32 Å². The Hall–Kier alpha value is -3.19. The lowest BCUT2D eigenvalue weighted by Crippen LogP contribution is -2.45. The van der Waals surface area contributed by atoms with Crippen molar-refractivity contribution in [1.29, 1.82) is 0 Å². The molecule has 3 aromatic rings. The molecule has 0 saturated carbocycles. The number of aromatic hydroxyl groups is 3. The van der Waals surface area contributed by atoms with Gasteiger partial charge in [0, 0.05) is 23.1 Å². The van der Waals surface area contributed by atoms with E-state index in [-0.39, 0.29) is 29.7 Å². The predicted octanol–water partition coefficient (Wildman–Crippen LogP) is 2.17. The molecule has 2 atom stereocenters. The molecular weight excluding hydrogens is 336 g/mol. The topological polar surface area (TPSA) is 126 Å². The van der Waals surface area contributed by atoms with E-state index in [4.69, 9.17) is 0 Å².